The number of aryl methyl sites for hydroxylation is 1. The smallest absolute Gasteiger partial charge is 0.410 e. The summed E-state index contributed by atoms with van der Waals surface area (Å²) in [5.41, 5.74) is 1.11. The number of aromatic nitrogens is 2. The number of rotatable bonds is 7. The second kappa shape index (κ2) is 8.50. The van der Waals surface area contributed by atoms with Crippen LogP contribution >= 0.6 is 0 Å². The fourth-order valence-electron chi connectivity index (χ4n) is 4.16. The minimum atomic E-state index is -0.151. The molecule has 8 nitrogen and oxygen atoms in total. The molecule has 0 bridgehead atoms. The zero-order chi connectivity index (χ0) is 18.6. The van der Waals surface area contributed by atoms with Gasteiger partial charge in [0.2, 0.25) is 0 Å². The van der Waals surface area contributed by atoms with Gasteiger partial charge in [0, 0.05) is 70.2 Å². The van der Waals surface area contributed by atoms with E-state index in [4.69, 9.17) is 9.47 Å². The van der Waals surface area contributed by atoms with E-state index in [1.165, 1.54) is 0 Å². The first-order valence-corrected chi connectivity index (χ1v) is 10.0. The van der Waals surface area contributed by atoms with Gasteiger partial charge in [0.15, 0.2) is 0 Å². The molecular formula is C19H29N5O3. The first-order valence-electron chi connectivity index (χ1n) is 10.0. The van der Waals surface area contributed by atoms with Crippen LogP contribution in [0.15, 0.2) is 12.4 Å². The minimum absolute atomic E-state index is 0.0169. The van der Waals surface area contributed by atoms with Crippen LogP contribution in [-0.2, 0) is 22.4 Å². The Morgan fingerprint density at radius 3 is 2.63 bits per heavy atom. The third-order valence-corrected chi connectivity index (χ3v) is 5.66. The largest absolute Gasteiger partial charge is 0.442 e. The van der Waals surface area contributed by atoms with Crippen LogP contribution in [0.4, 0.5) is 4.79 Å². The summed E-state index contributed by atoms with van der Waals surface area (Å²) in [5, 5.41) is 0. The molecule has 27 heavy (non-hydrogen) atoms. The van der Waals surface area contributed by atoms with Crippen LogP contribution in [-0.4, -0.2) is 95.4 Å². The van der Waals surface area contributed by atoms with Gasteiger partial charge in [-0.25, -0.2) is 14.8 Å². The molecule has 1 aromatic rings. The van der Waals surface area contributed by atoms with E-state index in [0.29, 0.717) is 0 Å². The van der Waals surface area contributed by atoms with E-state index in [1.807, 2.05) is 17.3 Å². The van der Waals surface area contributed by atoms with Crippen molar-refractivity contribution in [2.75, 3.05) is 52.5 Å². The van der Waals surface area contributed by atoms with Crippen molar-refractivity contribution in [3.05, 3.63) is 23.8 Å². The summed E-state index contributed by atoms with van der Waals surface area (Å²) in [6, 6.07) is 0.165. The van der Waals surface area contributed by atoms with Crippen molar-refractivity contribution in [3.63, 3.8) is 0 Å². The minimum Gasteiger partial charge on any atom is -0.442 e. The second-order valence-corrected chi connectivity index (χ2v) is 7.55. The van der Waals surface area contributed by atoms with Gasteiger partial charge in [0.25, 0.3) is 0 Å². The number of nitrogens with zero attached hydrogens (tertiary/aromatic N) is 5. The normalized spacial score (nSPS) is 26.4. The van der Waals surface area contributed by atoms with E-state index in [9.17, 15) is 4.79 Å². The van der Waals surface area contributed by atoms with Crippen LogP contribution in [0.5, 0.6) is 0 Å². The van der Waals surface area contributed by atoms with Gasteiger partial charge in [-0.05, 0) is 6.42 Å². The highest BCUT2D eigenvalue weighted by Crippen LogP contribution is 2.28. The standard InChI is InChI=1S/C19H29N5O3/c1-2-18-20-10-15(11-21-18)12-23-13-16-17(14-23)27-19(25)24(16)5-3-4-22-6-8-26-9-7-22/h10-11,16-17H,2-9,12-14H2,1H3/t16-,17+/m1/s1. The molecule has 4 rings (SSSR count). The van der Waals surface area contributed by atoms with Crippen LogP contribution in [0.1, 0.15) is 24.7 Å². The Balaban J connectivity index is 1.27. The van der Waals surface area contributed by atoms with Gasteiger partial charge in [-0.3, -0.25) is 9.80 Å². The quantitative estimate of drug-likeness (QED) is 0.697. The predicted molar refractivity (Wildman–Crippen MR) is 99.3 cm³/mol. The van der Waals surface area contributed by atoms with Gasteiger partial charge in [-0.1, -0.05) is 6.92 Å². The van der Waals surface area contributed by atoms with Gasteiger partial charge in [0.05, 0.1) is 19.3 Å². The molecule has 3 saturated heterocycles. The highest BCUT2D eigenvalue weighted by molar-refractivity contribution is 5.71. The number of amides is 1. The molecule has 1 amide bonds. The summed E-state index contributed by atoms with van der Waals surface area (Å²) in [5.74, 6) is 0.873. The van der Waals surface area contributed by atoms with Crippen molar-refractivity contribution >= 4 is 6.09 Å². The summed E-state index contributed by atoms with van der Waals surface area (Å²) in [4.78, 5) is 27.7. The Hall–Kier alpha value is -1.77. The Kier molecular flexibility index (Phi) is 5.85. The molecule has 148 valence electrons. The van der Waals surface area contributed by atoms with Crippen molar-refractivity contribution in [2.45, 2.75) is 38.5 Å². The van der Waals surface area contributed by atoms with E-state index < -0.39 is 0 Å². The lowest BCUT2D eigenvalue weighted by molar-refractivity contribution is 0.0362. The van der Waals surface area contributed by atoms with Crippen LogP contribution in [0.3, 0.4) is 0 Å². The predicted octanol–water partition coefficient (Wildman–Crippen LogP) is 0.766. The first-order chi connectivity index (χ1) is 13.2. The topological polar surface area (TPSA) is 71.0 Å². The molecule has 0 spiro atoms. The first kappa shape index (κ1) is 18.6. The van der Waals surface area contributed by atoms with E-state index in [1.54, 1.807) is 0 Å². The van der Waals surface area contributed by atoms with E-state index in [0.717, 1.165) is 83.3 Å². The molecule has 3 fully saturated rings. The summed E-state index contributed by atoms with van der Waals surface area (Å²) < 4.78 is 11.0. The monoisotopic (exact) mass is 375 g/mol. The lowest BCUT2D eigenvalue weighted by Gasteiger charge is -2.28. The second-order valence-electron chi connectivity index (χ2n) is 7.55. The van der Waals surface area contributed by atoms with Gasteiger partial charge in [0.1, 0.15) is 11.9 Å². The zero-order valence-corrected chi connectivity index (χ0v) is 16.0. The molecule has 4 heterocycles. The number of carbonyl (C=O) groups is 1. The van der Waals surface area contributed by atoms with Crippen molar-refractivity contribution in [2.24, 2.45) is 0 Å². The molecule has 3 aliphatic rings. The van der Waals surface area contributed by atoms with E-state index in [-0.39, 0.29) is 18.2 Å². The molecule has 0 saturated carbocycles. The van der Waals surface area contributed by atoms with Gasteiger partial charge < -0.3 is 14.4 Å². The fourth-order valence-corrected chi connectivity index (χ4v) is 4.16. The molecule has 0 aromatic carbocycles. The average molecular weight is 375 g/mol. The SMILES string of the molecule is CCc1ncc(CN2C[C@@H]3OC(=O)N(CCCN4CCOCC4)[C@@H]3C2)cn1. The Morgan fingerprint density at radius 1 is 1.11 bits per heavy atom. The summed E-state index contributed by atoms with van der Waals surface area (Å²) in [6.07, 6.45) is 5.48. The molecule has 3 aliphatic heterocycles. The maximum Gasteiger partial charge on any atom is 0.410 e. The van der Waals surface area contributed by atoms with Gasteiger partial charge in [-0.15, -0.1) is 0 Å². The number of hydrogen-bond donors (Lipinski definition) is 0. The maximum atomic E-state index is 12.2. The number of carbonyl (C=O) groups excluding carboxylic acids is 1. The van der Waals surface area contributed by atoms with Crippen molar-refractivity contribution in [3.8, 4) is 0 Å². The highest BCUT2D eigenvalue weighted by Gasteiger charge is 2.47. The highest BCUT2D eigenvalue weighted by atomic mass is 16.6. The maximum absolute atomic E-state index is 12.2. The summed E-state index contributed by atoms with van der Waals surface area (Å²) in [6.45, 7) is 9.87. The third-order valence-electron chi connectivity index (χ3n) is 5.66. The molecule has 0 unspecified atom stereocenters. The molecular weight excluding hydrogens is 346 g/mol. The molecule has 8 heteroatoms. The van der Waals surface area contributed by atoms with Crippen molar-refractivity contribution in [1.29, 1.82) is 0 Å². The number of likely N-dealkylation sites (tertiary alicyclic amines) is 1. The molecule has 0 radical (unpaired) electrons. The molecule has 2 atom stereocenters. The summed E-state index contributed by atoms with van der Waals surface area (Å²) in [7, 11) is 0. The van der Waals surface area contributed by atoms with E-state index >= 15 is 0 Å². The molecule has 0 N–H and O–H groups in total. The average Bonchev–Trinajstić information content (AvgIpc) is 3.20. The number of fused-ring (bicyclic) bond motifs is 1. The van der Waals surface area contributed by atoms with Crippen LogP contribution in [0.25, 0.3) is 0 Å². The van der Waals surface area contributed by atoms with E-state index in [2.05, 4.69) is 26.7 Å². The van der Waals surface area contributed by atoms with Gasteiger partial charge >= 0.3 is 6.09 Å². The lowest BCUT2D eigenvalue weighted by atomic mass is 10.2. The summed E-state index contributed by atoms with van der Waals surface area (Å²) >= 11 is 0. The van der Waals surface area contributed by atoms with Gasteiger partial charge in [-0.2, -0.15) is 0 Å². The number of hydrogen-bond acceptors (Lipinski definition) is 7. The van der Waals surface area contributed by atoms with Crippen LogP contribution < -0.4 is 0 Å². The Bertz CT molecular complexity index is 635. The number of ether oxygens (including phenoxy) is 2. The van der Waals surface area contributed by atoms with Crippen molar-refractivity contribution < 1.29 is 14.3 Å². The molecule has 0 aliphatic carbocycles. The third kappa shape index (κ3) is 4.39. The van der Waals surface area contributed by atoms with Crippen LogP contribution in [0, 0.1) is 0 Å². The zero-order valence-electron chi connectivity index (χ0n) is 16.0. The lowest BCUT2D eigenvalue weighted by Crippen LogP contribution is -2.41. The van der Waals surface area contributed by atoms with Crippen molar-refractivity contribution in [1.82, 2.24) is 24.7 Å². The fraction of sp³-hybridized carbons (Fsp3) is 0.737. The van der Waals surface area contributed by atoms with Crippen LogP contribution in [0.2, 0.25) is 0 Å². The number of morpholine rings is 1. The Morgan fingerprint density at radius 2 is 1.89 bits per heavy atom. The Labute approximate surface area is 160 Å². The molecule has 1 aromatic heterocycles.